The largest absolute Gasteiger partial charge is 0.393 e. The smallest absolute Gasteiger partial charge is 0.129 e. The lowest BCUT2D eigenvalue weighted by molar-refractivity contribution is -0.118. The molecule has 1 aliphatic rings. The van der Waals surface area contributed by atoms with Crippen LogP contribution in [0.25, 0.3) is 0 Å². The molecular weight excluding hydrogens is 200 g/mol. The molecule has 0 aliphatic heterocycles. The summed E-state index contributed by atoms with van der Waals surface area (Å²) in [7, 11) is 0. The number of Topliss-reactive ketones (excluding diaryl/α,β-unsaturated/α-hetero) is 1. The van der Waals surface area contributed by atoms with Crippen LogP contribution < -0.4 is 0 Å². The third kappa shape index (κ3) is 3.18. The van der Waals surface area contributed by atoms with Gasteiger partial charge in [-0.1, -0.05) is 19.1 Å². The molecule has 0 amide bonds. The molecule has 1 saturated carbocycles. The summed E-state index contributed by atoms with van der Waals surface area (Å²) in [5.74, 6) is 0.677. The Hall–Kier alpha value is -0.630. The van der Waals surface area contributed by atoms with E-state index in [1.807, 2.05) is 6.92 Å². The number of hydrogen-bond donors (Lipinski definition) is 1. The molecule has 3 atom stereocenters. The molecular formula is C14H24O2. The average Bonchev–Trinajstić information content (AvgIpc) is 2.19. The number of rotatable bonds is 4. The lowest BCUT2D eigenvalue weighted by Gasteiger charge is -2.42. The van der Waals surface area contributed by atoms with Gasteiger partial charge in [-0.2, -0.15) is 0 Å². The lowest BCUT2D eigenvalue weighted by atomic mass is 9.66. The van der Waals surface area contributed by atoms with Crippen molar-refractivity contribution >= 4 is 5.78 Å². The van der Waals surface area contributed by atoms with Gasteiger partial charge in [-0.25, -0.2) is 0 Å². The van der Waals surface area contributed by atoms with Crippen LogP contribution >= 0.6 is 0 Å². The molecule has 0 radical (unpaired) electrons. The van der Waals surface area contributed by atoms with Crippen molar-refractivity contribution in [3.05, 3.63) is 12.2 Å². The quantitative estimate of drug-likeness (QED) is 0.745. The van der Waals surface area contributed by atoms with E-state index in [1.54, 1.807) is 6.92 Å². The Labute approximate surface area is 98.7 Å². The zero-order valence-corrected chi connectivity index (χ0v) is 10.8. The minimum atomic E-state index is -0.290. The van der Waals surface area contributed by atoms with Gasteiger partial charge in [0.15, 0.2) is 0 Å². The van der Waals surface area contributed by atoms with E-state index in [2.05, 4.69) is 13.5 Å². The van der Waals surface area contributed by atoms with Gasteiger partial charge in [0, 0.05) is 6.42 Å². The molecule has 0 aromatic rings. The standard InChI is InChI=1S/C14H24O2/c1-10(2)12-6-8-14(4,13(16)9-12)7-5-11(3)15/h12-13,16H,1,5-9H2,2-4H3. The summed E-state index contributed by atoms with van der Waals surface area (Å²) in [6, 6.07) is 0. The van der Waals surface area contributed by atoms with Crippen molar-refractivity contribution in [1.29, 1.82) is 0 Å². The van der Waals surface area contributed by atoms with Gasteiger partial charge >= 0.3 is 0 Å². The Bertz CT molecular complexity index is 282. The maximum atomic E-state index is 11.0. The molecule has 1 aliphatic carbocycles. The molecule has 16 heavy (non-hydrogen) atoms. The summed E-state index contributed by atoms with van der Waals surface area (Å²) in [6.07, 6.45) is 4.02. The fourth-order valence-electron chi connectivity index (χ4n) is 2.54. The Morgan fingerprint density at radius 2 is 2.12 bits per heavy atom. The van der Waals surface area contributed by atoms with Crippen molar-refractivity contribution in [2.75, 3.05) is 0 Å². The van der Waals surface area contributed by atoms with Crippen molar-refractivity contribution < 1.29 is 9.90 Å². The maximum Gasteiger partial charge on any atom is 0.129 e. The molecule has 2 heteroatoms. The third-order valence-electron chi connectivity index (χ3n) is 4.12. The first kappa shape index (κ1) is 13.4. The summed E-state index contributed by atoms with van der Waals surface area (Å²) >= 11 is 0. The molecule has 2 nitrogen and oxygen atoms in total. The molecule has 1 rings (SSSR count). The Morgan fingerprint density at radius 3 is 2.56 bits per heavy atom. The van der Waals surface area contributed by atoms with E-state index < -0.39 is 0 Å². The van der Waals surface area contributed by atoms with E-state index in [0.29, 0.717) is 12.3 Å². The monoisotopic (exact) mass is 224 g/mol. The maximum absolute atomic E-state index is 11.0. The molecule has 1 fully saturated rings. The molecule has 1 N–H and O–H groups in total. The van der Waals surface area contributed by atoms with Gasteiger partial charge < -0.3 is 9.90 Å². The Morgan fingerprint density at radius 1 is 1.50 bits per heavy atom. The van der Waals surface area contributed by atoms with Crippen molar-refractivity contribution in [1.82, 2.24) is 0 Å². The van der Waals surface area contributed by atoms with E-state index in [9.17, 15) is 9.90 Å². The van der Waals surface area contributed by atoms with Crippen molar-refractivity contribution in [2.45, 2.75) is 59.0 Å². The molecule has 92 valence electrons. The fourth-order valence-corrected chi connectivity index (χ4v) is 2.54. The second-order valence-electron chi connectivity index (χ2n) is 5.69. The van der Waals surface area contributed by atoms with Gasteiger partial charge in [-0.05, 0) is 50.9 Å². The van der Waals surface area contributed by atoms with Gasteiger partial charge in [0.2, 0.25) is 0 Å². The number of aliphatic hydroxyl groups excluding tert-OH is 1. The summed E-state index contributed by atoms with van der Waals surface area (Å²) < 4.78 is 0. The van der Waals surface area contributed by atoms with E-state index in [1.165, 1.54) is 5.57 Å². The van der Waals surface area contributed by atoms with Crippen LogP contribution in [0.1, 0.15) is 52.9 Å². The lowest BCUT2D eigenvalue weighted by Crippen LogP contribution is -2.39. The highest BCUT2D eigenvalue weighted by atomic mass is 16.3. The highest BCUT2D eigenvalue weighted by molar-refractivity contribution is 5.75. The first-order chi connectivity index (χ1) is 7.35. The summed E-state index contributed by atoms with van der Waals surface area (Å²) in [4.78, 5) is 11.0. The van der Waals surface area contributed by atoms with Gasteiger partial charge in [-0.15, -0.1) is 0 Å². The van der Waals surface area contributed by atoms with Gasteiger partial charge in [-0.3, -0.25) is 0 Å². The average molecular weight is 224 g/mol. The normalized spacial score (nSPS) is 34.8. The molecule has 0 aromatic heterocycles. The summed E-state index contributed by atoms with van der Waals surface area (Å²) in [5, 5.41) is 10.2. The number of aliphatic hydroxyl groups is 1. The SMILES string of the molecule is C=C(C)C1CCC(C)(CCC(C)=O)C(O)C1. The van der Waals surface area contributed by atoms with Crippen LogP contribution in [0.3, 0.4) is 0 Å². The molecule has 3 unspecified atom stereocenters. The van der Waals surface area contributed by atoms with E-state index in [-0.39, 0.29) is 17.3 Å². The Kier molecular flexibility index (Phi) is 4.31. The van der Waals surface area contributed by atoms with Crippen LogP contribution in [0.2, 0.25) is 0 Å². The number of hydrogen-bond acceptors (Lipinski definition) is 2. The van der Waals surface area contributed by atoms with Crippen molar-refractivity contribution in [3.8, 4) is 0 Å². The summed E-state index contributed by atoms with van der Waals surface area (Å²) in [5.41, 5.74) is 1.10. The highest BCUT2D eigenvalue weighted by Gasteiger charge is 2.38. The second kappa shape index (κ2) is 5.13. The number of allylic oxidation sites excluding steroid dienone is 1. The Balaban J connectivity index is 2.57. The first-order valence-electron chi connectivity index (χ1n) is 6.18. The zero-order valence-electron chi connectivity index (χ0n) is 10.8. The molecule has 0 saturated heterocycles. The van der Waals surface area contributed by atoms with Crippen LogP contribution in [-0.4, -0.2) is 17.0 Å². The fraction of sp³-hybridized carbons (Fsp3) is 0.786. The molecule has 0 spiro atoms. The molecule has 0 heterocycles. The highest BCUT2D eigenvalue weighted by Crippen LogP contribution is 2.43. The van der Waals surface area contributed by atoms with E-state index in [4.69, 9.17) is 0 Å². The second-order valence-corrected chi connectivity index (χ2v) is 5.69. The zero-order chi connectivity index (χ0) is 12.3. The van der Waals surface area contributed by atoms with Gasteiger partial charge in [0.25, 0.3) is 0 Å². The number of ketones is 1. The van der Waals surface area contributed by atoms with Crippen molar-refractivity contribution in [3.63, 3.8) is 0 Å². The topological polar surface area (TPSA) is 37.3 Å². The number of carbonyl (C=O) groups is 1. The minimum Gasteiger partial charge on any atom is -0.393 e. The molecule has 0 bridgehead atoms. The van der Waals surface area contributed by atoms with Crippen LogP contribution in [0.4, 0.5) is 0 Å². The first-order valence-corrected chi connectivity index (χ1v) is 6.18. The van der Waals surface area contributed by atoms with Gasteiger partial charge in [0.05, 0.1) is 6.10 Å². The van der Waals surface area contributed by atoms with Crippen LogP contribution in [0.15, 0.2) is 12.2 Å². The van der Waals surface area contributed by atoms with Crippen LogP contribution in [0.5, 0.6) is 0 Å². The van der Waals surface area contributed by atoms with Gasteiger partial charge in [0.1, 0.15) is 5.78 Å². The van der Waals surface area contributed by atoms with Crippen LogP contribution in [-0.2, 0) is 4.79 Å². The van der Waals surface area contributed by atoms with Crippen LogP contribution in [0, 0.1) is 11.3 Å². The third-order valence-corrected chi connectivity index (χ3v) is 4.12. The predicted octanol–water partition coefficient (Wildman–Crippen LogP) is 3.10. The van der Waals surface area contributed by atoms with E-state index >= 15 is 0 Å². The predicted molar refractivity (Wildman–Crippen MR) is 66.2 cm³/mol. The summed E-state index contributed by atoms with van der Waals surface area (Å²) in [6.45, 7) is 9.73. The minimum absolute atomic E-state index is 0.0718. The van der Waals surface area contributed by atoms with E-state index in [0.717, 1.165) is 25.7 Å². The number of carbonyl (C=O) groups excluding carboxylic acids is 1. The van der Waals surface area contributed by atoms with Crippen molar-refractivity contribution in [2.24, 2.45) is 11.3 Å². The molecule has 0 aromatic carbocycles.